The van der Waals surface area contributed by atoms with E-state index in [9.17, 15) is 4.79 Å². The predicted molar refractivity (Wildman–Crippen MR) is 32.3 cm³/mol. The van der Waals surface area contributed by atoms with Crippen molar-refractivity contribution < 1.29 is 9.63 Å². The molecule has 1 saturated heterocycles. The van der Waals surface area contributed by atoms with Crippen molar-refractivity contribution in [2.45, 2.75) is 13.3 Å². The summed E-state index contributed by atoms with van der Waals surface area (Å²) in [5.41, 5.74) is 0. The summed E-state index contributed by atoms with van der Waals surface area (Å²) in [6.45, 7) is 3.16. The lowest BCUT2D eigenvalue weighted by Gasteiger charge is -2.10. The van der Waals surface area contributed by atoms with E-state index in [1.54, 1.807) is 0 Å². The van der Waals surface area contributed by atoms with Crippen LogP contribution in [0.2, 0.25) is 0 Å². The summed E-state index contributed by atoms with van der Waals surface area (Å²) in [5.74, 6) is -0.00292. The second-order valence-corrected chi connectivity index (χ2v) is 1.94. The Labute approximate surface area is 54.5 Å². The third kappa shape index (κ3) is 1.42. The summed E-state index contributed by atoms with van der Waals surface area (Å²) in [6.07, 6.45) is 2.48. The van der Waals surface area contributed by atoms with Gasteiger partial charge in [-0.25, -0.2) is 5.06 Å². The van der Waals surface area contributed by atoms with Crippen molar-refractivity contribution >= 4 is 5.91 Å². The zero-order chi connectivity index (χ0) is 6.69. The van der Waals surface area contributed by atoms with Crippen LogP contribution in [0.3, 0.4) is 0 Å². The zero-order valence-electron chi connectivity index (χ0n) is 5.46. The Bertz CT molecular complexity index is 114. The smallest absolute Gasteiger partial charge is 0.252 e. The molecule has 1 aliphatic rings. The standard InChI is InChI=1S/C6H10NO2/c1-2-4-7-6(8)3-5-9-7/h3H,2,4-5H2,1H3. The van der Waals surface area contributed by atoms with Crippen molar-refractivity contribution in [3.63, 3.8) is 0 Å². The van der Waals surface area contributed by atoms with Crippen LogP contribution in [0, 0.1) is 6.42 Å². The van der Waals surface area contributed by atoms with Crippen LogP contribution < -0.4 is 0 Å². The lowest BCUT2D eigenvalue weighted by Crippen LogP contribution is -2.23. The van der Waals surface area contributed by atoms with Crippen LogP contribution in [0.5, 0.6) is 0 Å². The molecular formula is C6H10NO2. The van der Waals surface area contributed by atoms with E-state index in [4.69, 9.17) is 4.84 Å². The first-order chi connectivity index (χ1) is 4.34. The largest absolute Gasteiger partial charge is 0.272 e. The van der Waals surface area contributed by atoms with Gasteiger partial charge < -0.3 is 0 Å². The molecule has 1 amide bonds. The SMILES string of the molecule is CCCN1OC[CH]C1=O. The van der Waals surface area contributed by atoms with Crippen molar-refractivity contribution in [2.75, 3.05) is 13.2 Å². The zero-order valence-corrected chi connectivity index (χ0v) is 5.46. The Morgan fingerprint density at radius 1 is 1.89 bits per heavy atom. The maximum Gasteiger partial charge on any atom is 0.252 e. The van der Waals surface area contributed by atoms with E-state index in [1.165, 1.54) is 11.5 Å². The van der Waals surface area contributed by atoms with Gasteiger partial charge in [0, 0.05) is 6.54 Å². The molecule has 0 aliphatic carbocycles. The Morgan fingerprint density at radius 3 is 3.11 bits per heavy atom. The van der Waals surface area contributed by atoms with Crippen LogP contribution >= 0.6 is 0 Å². The molecule has 0 atom stereocenters. The molecular weight excluding hydrogens is 118 g/mol. The van der Waals surface area contributed by atoms with Crippen molar-refractivity contribution in [3.05, 3.63) is 6.42 Å². The first kappa shape index (κ1) is 6.55. The number of nitrogens with zero attached hydrogens (tertiary/aromatic N) is 1. The number of hydroxylamine groups is 2. The topological polar surface area (TPSA) is 29.5 Å². The number of hydrogen-bond donors (Lipinski definition) is 0. The summed E-state index contributed by atoms with van der Waals surface area (Å²) >= 11 is 0. The maximum absolute atomic E-state index is 10.7. The minimum absolute atomic E-state index is 0.00292. The molecule has 1 radical (unpaired) electrons. The Morgan fingerprint density at radius 2 is 2.67 bits per heavy atom. The molecule has 0 aromatic rings. The fraction of sp³-hybridized carbons (Fsp3) is 0.667. The first-order valence-corrected chi connectivity index (χ1v) is 3.12. The van der Waals surface area contributed by atoms with Crippen LogP contribution in [0.4, 0.5) is 0 Å². The molecule has 0 saturated carbocycles. The third-order valence-electron chi connectivity index (χ3n) is 1.16. The van der Waals surface area contributed by atoms with Crippen molar-refractivity contribution in [1.82, 2.24) is 5.06 Å². The van der Waals surface area contributed by atoms with Crippen LogP contribution in [-0.2, 0) is 9.63 Å². The van der Waals surface area contributed by atoms with E-state index < -0.39 is 0 Å². The van der Waals surface area contributed by atoms with Gasteiger partial charge in [-0.1, -0.05) is 6.92 Å². The van der Waals surface area contributed by atoms with Crippen LogP contribution in [-0.4, -0.2) is 24.1 Å². The van der Waals surface area contributed by atoms with E-state index in [-0.39, 0.29) is 5.91 Å². The minimum atomic E-state index is -0.00292. The van der Waals surface area contributed by atoms with E-state index >= 15 is 0 Å². The third-order valence-corrected chi connectivity index (χ3v) is 1.16. The number of amides is 1. The molecule has 1 rings (SSSR count). The monoisotopic (exact) mass is 128 g/mol. The molecule has 3 nitrogen and oxygen atoms in total. The van der Waals surface area contributed by atoms with Gasteiger partial charge in [0.15, 0.2) is 0 Å². The lowest BCUT2D eigenvalue weighted by molar-refractivity contribution is -0.161. The number of rotatable bonds is 2. The van der Waals surface area contributed by atoms with E-state index in [1.807, 2.05) is 6.92 Å². The highest BCUT2D eigenvalue weighted by Crippen LogP contribution is 2.04. The molecule has 0 N–H and O–H groups in total. The fourth-order valence-electron chi connectivity index (χ4n) is 0.742. The van der Waals surface area contributed by atoms with Gasteiger partial charge in [-0.05, 0) is 6.42 Å². The molecule has 1 fully saturated rings. The number of carbonyl (C=O) groups excluding carboxylic acids is 1. The Kier molecular flexibility index (Phi) is 2.05. The summed E-state index contributed by atoms with van der Waals surface area (Å²) in [6, 6.07) is 0. The minimum Gasteiger partial charge on any atom is -0.272 e. The molecule has 3 heteroatoms. The fourth-order valence-corrected chi connectivity index (χ4v) is 0.742. The maximum atomic E-state index is 10.7. The van der Waals surface area contributed by atoms with E-state index in [2.05, 4.69) is 0 Å². The number of hydrogen-bond acceptors (Lipinski definition) is 2. The molecule has 0 unspecified atom stereocenters. The molecule has 0 bridgehead atoms. The van der Waals surface area contributed by atoms with Crippen LogP contribution in [0.1, 0.15) is 13.3 Å². The van der Waals surface area contributed by atoms with Gasteiger partial charge in [-0.15, -0.1) is 0 Å². The van der Waals surface area contributed by atoms with Gasteiger partial charge in [0.25, 0.3) is 5.91 Å². The molecule has 0 aromatic heterocycles. The average molecular weight is 128 g/mol. The normalized spacial score (nSPS) is 19.2. The second kappa shape index (κ2) is 2.82. The predicted octanol–water partition coefficient (Wildman–Crippen LogP) is 0.374. The van der Waals surface area contributed by atoms with Crippen LogP contribution in [0.25, 0.3) is 0 Å². The highest BCUT2D eigenvalue weighted by atomic mass is 16.7. The first-order valence-electron chi connectivity index (χ1n) is 3.12. The van der Waals surface area contributed by atoms with Gasteiger partial charge >= 0.3 is 0 Å². The van der Waals surface area contributed by atoms with Gasteiger partial charge in [0.1, 0.15) is 0 Å². The van der Waals surface area contributed by atoms with Crippen LogP contribution in [0.15, 0.2) is 0 Å². The summed E-state index contributed by atoms with van der Waals surface area (Å²) in [7, 11) is 0. The summed E-state index contributed by atoms with van der Waals surface area (Å²) in [5, 5.41) is 1.39. The quantitative estimate of drug-likeness (QED) is 0.538. The Balaban J connectivity index is 2.31. The van der Waals surface area contributed by atoms with Gasteiger partial charge in [-0.3, -0.25) is 9.63 Å². The van der Waals surface area contributed by atoms with E-state index in [0.29, 0.717) is 13.2 Å². The molecule has 0 aromatic carbocycles. The molecule has 1 aliphatic heterocycles. The van der Waals surface area contributed by atoms with Crippen molar-refractivity contribution in [3.8, 4) is 0 Å². The lowest BCUT2D eigenvalue weighted by atomic mass is 10.4. The van der Waals surface area contributed by atoms with Gasteiger partial charge in [0.05, 0.1) is 13.0 Å². The summed E-state index contributed by atoms with van der Waals surface area (Å²) < 4.78 is 0. The van der Waals surface area contributed by atoms with Crippen molar-refractivity contribution in [1.29, 1.82) is 0 Å². The average Bonchev–Trinajstić information content (AvgIpc) is 2.18. The molecule has 0 spiro atoms. The van der Waals surface area contributed by atoms with Crippen molar-refractivity contribution in [2.24, 2.45) is 0 Å². The second-order valence-electron chi connectivity index (χ2n) is 1.94. The van der Waals surface area contributed by atoms with E-state index in [0.717, 1.165) is 6.42 Å². The Hall–Kier alpha value is -0.570. The number of carbonyl (C=O) groups is 1. The molecule has 9 heavy (non-hydrogen) atoms. The molecule has 1 heterocycles. The van der Waals surface area contributed by atoms with Gasteiger partial charge in [0.2, 0.25) is 0 Å². The summed E-state index contributed by atoms with van der Waals surface area (Å²) in [4.78, 5) is 15.6. The molecule has 51 valence electrons. The highest BCUT2D eigenvalue weighted by molar-refractivity contribution is 5.85. The highest BCUT2D eigenvalue weighted by Gasteiger charge is 2.20. The van der Waals surface area contributed by atoms with Gasteiger partial charge in [-0.2, -0.15) is 0 Å².